The number of carbonyl (C=O) groups excluding carboxylic acids is 1. The fourth-order valence-corrected chi connectivity index (χ4v) is 2.95. The topological polar surface area (TPSA) is 119 Å². The van der Waals surface area contributed by atoms with Gasteiger partial charge in [0.2, 0.25) is 6.41 Å². The highest BCUT2D eigenvalue weighted by atomic mass is 19.1. The fourth-order valence-electron chi connectivity index (χ4n) is 2.95. The van der Waals surface area contributed by atoms with Crippen molar-refractivity contribution in [3.8, 4) is 16.9 Å². The molecule has 0 atom stereocenters. The summed E-state index contributed by atoms with van der Waals surface area (Å²) in [5.41, 5.74) is 5.42. The Balaban J connectivity index is 2.08. The summed E-state index contributed by atoms with van der Waals surface area (Å²) in [5, 5.41) is 8.87. The van der Waals surface area contributed by atoms with Crippen LogP contribution in [0.4, 0.5) is 20.4 Å². The Labute approximate surface area is 155 Å². The number of nitrogen functional groups attached to an aromatic ring is 1. The molecule has 0 aliphatic carbocycles. The Morgan fingerprint density at radius 1 is 1.14 bits per heavy atom. The molecule has 0 radical (unpaired) electrons. The Kier molecular flexibility index (Phi) is 4.07. The molecule has 10 heteroatoms. The monoisotopic (exact) mass is 382 g/mol. The van der Waals surface area contributed by atoms with Crippen LogP contribution in [0.15, 0.2) is 47.4 Å². The lowest BCUT2D eigenvalue weighted by atomic mass is 10.1. The van der Waals surface area contributed by atoms with E-state index in [9.17, 15) is 18.4 Å². The van der Waals surface area contributed by atoms with E-state index in [0.29, 0.717) is 17.7 Å². The summed E-state index contributed by atoms with van der Waals surface area (Å²) in [6, 6.07) is 8.07. The number of pyridine rings is 2. The van der Waals surface area contributed by atoms with E-state index in [0.717, 1.165) is 16.7 Å². The summed E-state index contributed by atoms with van der Waals surface area (Å²) in [7, 11) is 0. The van der Waals surface area contributed by atoms with E-state index in [1.807, 2.05) is 0 Å². The van der Waals surface area contributed by atoms with Gasteiger partial charge in [0, 0.05) is 11.8 Å². The summed E-state index contributed by atoms with van der Waals surface area (Å²) in [5.74, 6) is -1.70. The molecule has 4 rings (SSSR count). The Morgan fingerprint density at radius 2 is 1.86 bits per heavy atom. The Hall–Kier alpha value is -4.08. The molecule has 0 aliphatic heterocycles. The number of benzene rings is 1. The quantitative estimate of drug-likeness (QED) is 0.468. The lowest BCUT2D eigenvalue weighted by Crippen LogP contribution is -2.21. The highest BCUT2D eigenvalue weighted by Crippen LogP contribution is 2.29. The zero-order valence-electron chi connectivity index (χ0n) is 14.1. The molecule has 0 spiro atoms. The molecule has 1 amide bonds. The summed E-state index contributed by atoms with van der Waals surface area (Å²) >= 11 is 0. The standard InChI is InChI=1S/C18H12F2N6O2/c19-10-3-1-4-11(20)16(10)26-7-9(12-5-2-6-13(23-12)22-8-27)15-14(18(26)28)17(21)25-24-15/h1-8H,(H3,21,24,25)(H,22,23,27). The molecular weight excluding hydrogens is 370 g/mol. The van der Waals surface area contributed by atoms with Gasteiger partial charge in [-0.3, -0.25) is 19.3 Å². The maximum Gasteiger partial charge on any atom is 0.268 e. The minimum Gasteiger partial charge on any atom is -0.382 e. The van der Waals surface area contributed by atoms with Crippen LogP contribution in [0.3, 0.4) is 0 Å². The van der Waals surface area contributed by atoms with Gasteiger partial charge in [0.15, 0.2) is 5.82 Å². The molecule has 3 heterocycles. The summed E-state index contributed by atoms with van der Waals surface area (Å²) in [6.45, 7) is 0. The molecule has 0 saturated heterocycles. The first kappa shape index (κ1) is 17.3. The third-order valence-electron chi connectivity index (χ3n) is 4.16. The number of amides is 1. The van der Waals surface area contributed by atoms with E-state index < -0.39 is 22.9 Å². The molecule has 0 saturated carbocycles. The number of anilines is 2. The highest BCUT2D eigenvalue weighted by molar-refractivity contribution is 5.98. The van der Waals surface area contributed by atoms with Crippen molar-refractivity contribution in [3.05, 3.63) is 64.6 Å². The van der Waals surface area contributed by atoms with Crippen molar-refractivity contribution in [1.29, 1.82) is 0 Å². The van der Waals surface area contributed by atoms with Gasteiger partial charge in [0.1, 0.15) is 28.5 Å². The fraction of sp³-hybridized carbons (Fsp3) is 0. The van der Waals surface area contributed by atoms with Crippen molar-refractivity contribution in [2.24, 2.45) is 0 Å². The first-order chi connectivity index (χ1) is 13.5. The molecule has 140 valence electrons. The van der Waals surface area contributed by atoms with Crippen LogP contribution >= 0.6 is 0 Å². The van der Waals surface area contributed by atoms with Gasteiger partial charge >= 0.3 is 0 Å². The molecule has 4 aromatic rings. The number of nitrogens with zero attached hydrogens (tertiary/aromatic N) is 3. The zero-order valence-corrected chi connectivity index (χ0v) is 14.1. The predicted octanol–water partition coefficient (Wildman–Crippen LogP) is 2.20. The molecule has 0 unspecified atom stereocenters. The molecule has 1 aromatic carbocycles. The summed E-state index contributed by atoms with van der Waals surface area (Å²) in [6.07, 6.45) is 1.71. The number of nitrogens with one attached hydrogen (secondary N) is 2. The van der Waals surface area contributed by atoms with Crippen LogP contribution in [0.25, 0.3) is 27.8 Å². The largest absolute Gasteiger partial charge is 0.382 e. The third-order valence-corrected chi connectivity index (χ3v) is 4.16. The van der Waals surface area contributed by atoms with Gasteiger partial charge in [-0.2, -0.15) is 5.10 Å². The SMILES string of the molecule is Nc1n[nH]c2c(-c3cccc(NC=O)n3)cn(-c3c(F)cccc3F)c(=O)c12. The van der Waals surface area contributed by atoms with E-state index in [4.69, 9.17) is 5.73 Å². The van der Waals surface area contributed by atoms with E-state index in [2.05, 4.69) is 20.5 Å². The van der Waals surface area contributed by atoms with Gasteiger partial charge in [-0.1, -0.05) is 12.1 Å². The number of rotatable bonds is 4. The van der Waals surface area contributed by atoms with Crippen molar-refractivity contribution >= 4 is 28.9 Å². The number of aromatic amines is 1. The van der Waals surface area contributed by atoms with Crippen LogP contribution in [0.1, 0.15) is 0 Å². The van der Waals surface area contributed by atoms with E-state index >= 15 is 0 Å². The number of carbonyl (C=O) groups is 1. The molecule has 4 N–H and O–H groups in total. The van der Waals surface area contributed by atoms with Crippen LogP contribution in [0.2, 0.25) is 0 Å². The van der Waals surface area contributed by atoms with Crippen molar-refractivity contribution in [2.45, 2.75) is 0 Å². The van der Waals surface area contributed by atoms with Crippen LogP contribution < -0.4 is 16.6 Å². The lowest BCUT2D eigenvalue weighted by Gasteiger charge is -2.12. The second-order valence-electron chi connectivity index (χ2n) is 5.82. The van der Waals surface area contributed by atoms with Crippen LogP contribution in [-0.2, 0) is 4.79 Å². The van der Waals surface area contributed by atoms with Crippen molar-refractivity contribution in [3.63, 3.8) is 0 Å². The van der Waals surface area contributed by atoms with Crippen molar-refractivity contribution in [1.82, 2.24) is 19.7 Å². The molecule has 8 nitrogen and oxygen atoms in total. The zero-order chi connectivity index (χ0) is 19.8. The first-order valence-corrected chi connectivity index (χ1v) is 8.02. The highest BCUT2D eigenvalue weighted by Gasteiger charge is 2.20. The molecule has 0 bridgehead atoms. The minimum absolute atomic E-state index is 0.0318. The Bertz CT molecular complexity index is 1260. The number of fused-ring (bicyclic) bond motifs is 1. The van der Waals surface area contributed by atoms with Gasteiger partial charge in [-0.25, -0.2) is 13.8 Å². The number of aromatic nitrogens is 4. The average Bonchev–Trinajstić information content (AvgIpc) is 3.06. The summed E-state index contributed by atoms with van der Waals surface area (Å²) < 4.78 is 29.5. The van der Waals surface area contributed by atoms with Gasteiger partial charge in [-0.15, -0.1) is 0 Å². The number of para-hydroxylation sites is 1. The molecule has 28 heavy (non-hydrogen) atoms. The smallest absolute Gasteiger partial charge is 0.268 e. The number of nitrogens with two attached hydrogens (primary N) is 1. The number of hydrogen-bond donors (Lipinski definition) is 3. The first-order valence-electron chi connectivity index (χ1n) is 8.02. The van der Waals surface area contributed by atoms with Gasteiger partial charge < -0.3 is 11.1 Å². The number of hydrogen-bond acceptors (Lipinski definition) is 5. The molecule has 0 aliphatic rings. The van der Waals surface area contributed by atoms with E-state index in [-0.39, 0.29) is 22.5 Å². The van der Waals surface area contributed by atoms with Crippen molar-refractivity contribution < 1.29 is 13.6 Å². The molecular formula is C18H12F2N6O2. The van der Waals surface area contributed by atoms with Crippen LogP contribution in [0.5, 0.6) is 0 Å². The van der Waals surface area contributed by atoms with Gasteiger partial charge in [0.05, 0.1) is 11.2 Å². The number of halogens is 2. The maximum atomic E-state index is 14.3. The predicted molar refractivity (Wildman–Crippen MR) is 98.9 cm³/mol. The second-order valence-corrected chi connectivity index (χ2v) is 5.82. The third kappa shape index (κ3) is 2.67. The molecule has 0 fully saturated rings. The van der Waals surface area contributed by atoms with Gasteiger partial charge in [0.25, 0.3) is 5.56 Å². The van der Waals surface area contributed by atoms with Crippen LogP contribution in [-0.4, -0.2) is 26.2 Å². The van der Waals surface area contributed by atoms with Crippen molar-refractivity contribution in [2.75, 3.05) is 11.1 Å². The van der Waals surface area contributed by atoms with Gasteiger partial charge in [-0.05, 0) is 24.3 Å². The summed E-state index contributed by atoms with van der Waals surface area (Å²) in [4.78, 5) is 27.8. The Morgan fingerprint density at radius 3 is 2.57 bits per heavy atom. The lowest BCUT2D eigenvalue weighted by molar-refractivity contribution is -0.105. The molecule has 3 aromatic heterocycles. The maximum absolute atomic E-state index is 14.3. The number of H-pyrrole nitrogens is 1. The van der Waals surface area contributed by atoms with E-state index in [1.165, 1.54) is 12.3 Å². The average molecular weight is 382 g/mol. The second kappa shape index (κ2) is 6.58. The van der Waals surface area contributed by atoms with E-state index in [1.54, 1.807) is 18.2 Å². The minimum atomic E-state index is -0.918. The normalized spacial score (nSPS) is 10.9. The van der Waals surface area contributed by atoms with Crippen LogP contribution in [0, 0.1) is 11.6 Å².